The lowest BCUT2D eigenvalue weighted by Gasteiger charge is -2.07. The molecule has 0 radical (unpaired) electrons. The largest absolute Gasteiger partial charge is 0.465 e. The average molecular weight is 215 g/mol. The maximum atomic E-state index is 11.5. The first kappa shape index (κ1) is 10.7. The average Bonchev–Trinajstić information content (AvgIpc) is 3.09. The molecule has 0 spiro atoms. The third kappa shape index (κ3) is 1.57. The summed E-state index contributed by atoms with van der Waals surface area (Å²) in [5, 5.41) is 0. The summed E-state index contributed by atoms with van der Waals surface area (Å²) in [6.07, 6.45) is 1.78. The fourth-order valence-corrected chi connectivity index (χ4v) is 1.82. The van der Waals surface area contributed by atoms with Crippen LogP contribution in [-0.4, -0.2) is 13.1 Å². The summed E-state index contributed by atoms with van der Waals surface area (Å²) in [5.41, 5.74) is 2.02. The van der Waals surface area contributed by atoms with E-state index in [0.717, 1.165) is 24.0 Å². The van der Waals surface area contributed by atoms with Crippen molar-refractivity contribution in [2.75, 3.05) is 7.11 Å². The van der Waals surface area contributed by atoms with Crippen molar-refractivity contribution in [1.29, 1.82) is 0 Å². The quantitative estimate of drug-likeness (QED) is 0.561. The Hall–Kier alpha value is -1.82. The van der Waals surface area contributed by atoms with E-state index in [0.29, 0.717) is 5.56 Å². The Morgan fingerprint density at radius 1 is 1.50 bits per heavy atom. The van der Waals surface area contributed by atoms with Crippen molar-refractivity contribution < 1.29 is 9.53 Å². The zero-order valence-electron chi connectivity index (χ0n) is 9.41. The van der Waals surface area contributed by atoms with Gasteiger partial charge in [-0.2, -0.15) is 0 Å². The summed E-state index contributed by atoms with van der Waals surface area (Å²) >= 11 is 0. The van der Waals surface area contributed by atoms with Gasteiger partial charge in [0.05, 0.1) is 12.7 Å². The van der Waals surface area contributed by atoms with Gasteiger partial charge in [-0.15, -0.1) is 0 Å². The maximum absolute atomic E-state index is 11.5. The van der Waals surface area contributed by atoms with Crippen LogP contribution in [0.25, 0.3) is 4.85 Å². The summed E-state index contributed by atoms with van der Waals surface area (Å²) in [6.45, 7) is 9.06. The third-order valence-electron chi connectivity index (χ3n) is 3.12. The van der Waals surface area contributed by atoms with Crippen molar-refractivity contribution in [3.63, 3.8) is 0 Å². The molecule has 0 amide bonds. The van der Waals surface area contributed by atoms with E-state index in [4.69, 9.17) is 11.3 Å². The van der Waals surface area contributed by atoms with Gasteiger partial charge in [0.1, 0.15) is 0 Å². The van der Waals surface area contributed by atoms with Crippen LogP contribution in [0.5, 0.6) is 0 Å². The Bertz CT molecular complexity index is 481. The molecule has 1 aromatic carbocycles. The van der Waals surface area contributed by atoms with Crippen LogP contribution in [0, 0.1) is 13.5 Å². The first-order chi connectivity index (χ1) is 7.63. The third-order valence-corrected chi connectivity index (χ3v) is 3.12. The maximum Gasteiger partial charge on any atom is 0.338 e. The number of benzene rings is 1. The Morgan fingerprint density at radius 2 is 2.19 bits per heavy atom. The topological polar surface area (TPSA) is 30.7 Å². The molecule has 82 valence electrons. The highest BCUT2D eigenvalue weighted by Gasteiger charge is 2.52. The Kier molecular flexibility index (Phi) is 2.43. The van der Waals surface area contributed by atoms with Gasteiger partial charge < -0.3 is 9.58 Å². The molecule has 1 aliphatic rings. The first-order valence-electron chi connectivity index (χ1n) is 5.21. The van der Waals surface area contributed by atoms with Gasteiger partial charge in [-0.05, 0) is 18.6 Å². The van der Waals surface area contributed by atoms with Gasteiger partial charge in [0.2, 0.25) is 0 Å². The van der Waals surface area contributed by atoms with Crippen LogP contribution in [0.1, 0.15) is 34.3 Å². The minimum atomic E-state index is -0.365. The van der Waals surface area contributed by atoms with Gasteiger partial charge in [0.25, 0.3) is 5.54 Å². The molecule has 1 saturated carbocycles. The molecule has 0 saturated heterocycles. The molecule has 3 heteroatoms. The van der Waals surface area contributed by atoms with Crippen molar-refractivity contribution >= 4 is 5.97 Å². The molecule has 0 bridgehead atoms. The van der Waals surface area contributed by atoms with Crippen molar-refractivity contribution in [3.8, 4) is 0 Å². The van der Waals surface area contributed by atoms with Gasteiger partial charge in [-0.3, -0.25) is 0 Å². The normalized spacial score (nSPS) is 16.3. The highest BCUT2D eigenvalue weighted by Crippen LogP contribution is 2.49. The van der Waals surface area contributed by atoms with E-state index in [1.165, 1.54) is 7.11 Å². The van der Waals surface area contributed by atoms with Gasteiger partial charge in [0, 0.05) is 18.4 Å². The molecule has 2 rings (SSSR count). The van der Waals surface area contributed by atoms with Crippen LogP contribution in [0.15, 0.2) is 18.2 Å². The number of nitrogens with zero attached hydrogens (tertiary/aromatic N) is 1. The van der Waals surface area contributed by atoms with Crippen LogP contribution in [0.2, 0.25) is 0 Å². The number of esters is 1. The fraction of sp³-hybridized carbons (Fsp3) is 0.385. The SMILES string of the molecule is [C-]#[N+]C1(c2ccc(C)c(C(=O)OC)c2)CC1. The first-order valence-corrected chi connectivity index (χ1v) is 5.21. The van der Waals surface area contributed by atoms with E-state index in [1.807, 2.05) is 19.1 Å². The number of carbonyl (C=O) groups excluding carboxylic acids is 1. The van der Waals surface area contributed by atoms with Crippen molar-refractivity contribution in [3.05, 3.63) is 46.3 Å². The molecule has 0 aromatic heterocycles. The second-order valence-electron chi connectivity index (χ2n) is 4.16. The van der Waals surface area contributed by atoms with Gasteiger partial charge in [-0.1, -0.05) is 12.1 Å². The molecule has 0 N–H and O–H groups in total. The molecule has 0 atom stereocenters. The van der Waals surface area contributed by atoms with Crippen LogP contribution >= 0.6 is 0 Å². The lowest BCUT2D eigenvalue weighted by molar-refractivity contribution is 0.0600. The number of methoxy groups -OCH3 is 1. The van der Waals surface area contributed by atoms with E-state index in [-0.39, 0.29) is 11.5 Å². The zero-order chi connectivity index (χ0) is 11.8. The summed E-state index contributed by atoms with van der Waals surface area (Å²) in [7, 11) is 1.37. The standard InChI is InChI=1S/C13H13NO2/c1-9-4-5-10(13(14-2)6-7-13)8-11(9)12(15)16-3/h4-5,8H,6-7H2,1,3H3. The lowest BCUT2D eigenvalue weighted by atomic mass is 9.99. The molecule has 16 heavy (non-hydrogen) atoms. The monoisotopic (exact) mass is 215 g/mol. The highest BCUT2D eigenvalue weighted by molar-refractivity contribution is 5.91. The summed E-state index contributed by atoms with van der Waals surface area (Å²) in [6, 6.07) is 5.62. The second-order valence-corrected chi connectivity index (χ2v) is 4.16. The smallest absolute Gasteiger partial charge is 0.338 e. The van der Waals surface area contributed by atoms with Crippen LogP contribution in [0.4, 0.5) is 0 Å². The molecule has 3 nitrogen and oxygen atoms in total. The second kappa shape index (κ2) is 3.64. The van der Waals surface area contributed by atoms with Crippen molar-refractivity contribution in [1.82, 2.24) is 0 Å². The van der Waals surface area contributed by atoms with E-state index < -0.39 is 0 Å². The predicted octanol–water partition coefficient (Wildman–Crippen LogP) is 2.69. The van der Waals surface area contributed by atoms with E-state index in [9.17, 15) is 4.79 Å². The molecular formula is C13H13NO2. The molecule has 1 aliphatic carbocycles. The summed E-state index contributed by atoms with van der Waals surface area (Å²) in [5.74, 6) is -0.333. The molecular weight excluding hydrogens is 202 g/mol. The van der Waals surface area contributed by atoms with E-state index in [1.54, 1.807) is 6.07 Å². The van der Waals surface area contributed by atoms with E-state index in [2.05, 4.69) is 4.85 Å². The Morgan fingerprint density at radius 3 is 2.69 bits per heavy atom. The van der Waals surface area contributed by atoms with Crippen molar-refractivity contribution in [2.24, 2.45) is 0 Å². The summed E-state index contributed by atoms with van der Waals surface area (Å²) < 4.78 is 4.72. The summed E-state index contributed by atoms with van der Waals surface area (Å²) in [4.78, 5) is 15.2. The molecule has 1 fully saturated rings. The number of carbonyl (C=O) groups is 1. The molecule has 0 unspecified atom stereocenters. The Labute approximate surface area is 94.9 Å². The fourth-order valence-electron chi connectivity index (χ4n) is 1.82. The van der Waals surface area contributed by atoms with Crippen LogP contribution in [-0.2, 0) is 10.3 Å². The molecule has 0 aliphatic heterocycles. The number of aryl methyl sites for hydroxylation is 1. The van der Waals surface area contributed by atoms with Crippen LogP contribution in [0.3, 0.4) is 0 Å². The zero-order valence-corrected chi connectivity index (χ0v) is 9.41. The van der Waals surface area contributed by atoms with Crippen molar-refractivity contribution in [2.45, 2.75) is 25.3 Å². The lowest BCUT2D eigenvalue weighted by Crippen LogP contribution is -2.07. The number of rotatable bonds is 2. The number of hydrogen-bond donors (Lipinski definition) is 0. The minimum Gasteiger partial charge on any atom is -0.465 e. The van der Waals surface area contributed by atoms with Gasteiger partial charge in [0.15, 0.2) is 0 Å². The minimum absolute atomic E-state index is 0.333. The van der Waals surface area contributed by atoms with Crippen LogP contribution < -0.4 is 0 Å². The number of ether oxygens (including phenoxy) is 1. The Balaban J connectivity index is 2.45. The molecule has 1 aromatic rings. The predicted molar refractivity (Wildman–Crippen MR) is 60.0 cm³/mol. The number of hydrogen-bond acceptors (Lipinski definition) is 2. The molecule has 0 heterocycles. The van der Waals surface area contributed by atoms with Gasteiger partial charge >= 0.3 is 5.97 Å². The highest BCUT2D eigenvalue weighted by atomic mass is 16.5. The van der Waals surface area contributed by atoms with E-state index >= 15 is 0 Å². The van der Waals surface area contributed by atoms with Gasteiger partial charge in [-0.25, -0.2) is 11.4 Å².